The number of para-hydroxylation sites is 2. The molecule has 194 valence electrons. The second kappa shape index (κ2) is 9.91. The molecule has 1 aliphatic rings. The minimum Gasteiger partial charge on any atom is -0.327 e. The van der Waals surface area contributed by atoms with E-state index in [0.717, 1.165) is 39.0 Å². The van der Waals surface area contributed by atoms with Crippen molar-refractivity contribution in [2.45, 2.75) is 32.9 Å². The van der Waals surface area contributed by atoms with Crippen molar-refractivity contribution in [1.82, 2.24) is 9.47 Å². The number of hydrogen-bond donors (Lipinski definition) is 0. The molecule has 0 bridgehead atoms. The van der Waals surface area contributed by atoms with Gasteiger partial charge in [0.25, 0.3) is 5.91 Å². The maximum absolute atomic E-state index is 14.3. The fourth-order valence-corrected chi connectivity index (χ4v) is 5.53. The van der Waals surface area contributed by atoms with E-state index in [9.17, 15) is 9.59 Å². The Kier molecular flexibility index (Phi) is 6.27. The van der Waals surface area contributed by atoms with E-state index in [1.54, 1.807) is 4.90 Å². The summed E-state index contributed by atoms with van der Waals surface area (Å²) in [5, 5.41) is 2.08. The molecular formula is C34H31N3O2. The first kappa shape index (κ1) is 24.7. The average molecular weight is 514 g/mol. The topological polar surface area (TPSA) is 45.6 Å². The Bertz CT molecular complexity index is 1680. The molecule has 1 aliphatic heterocycles. The van der Waals surface area contributed by atoms with Crippen molar-refractivity contribution in [3.63, 3.8) is 0 Å². The van der Waals surface area contributed by atoms with E-state index < -0.39 is 0 Å². The SMILES string of the molecule is Cc1ccc(C2c3cccn3-c3ccccc3N2C(=O)CN(C(=O)c2ccc3ccccc3c2)C(C)C)cc1. The van der Waals surface area contributed by atoms with E-state index in [0.29, 0.717) is 5.56 Å². The lowest BCUT2D eigenvalue weighted by molar-refractivity contribution is -0.120. The molecule has 39 heavy (non-hydrogen) atoms. The molecule has 5 nitrogen and oxygen atoms in total. The molecule has 5 heteroatoms. The lowest BCUT2D eigenvalue weighted by Crippen LogP contribution is -2.48. The van der Waals surface area contributed by atoms with E-state index in [1.807, 2.05) is 97.7 Å². The first-order chi connectivity index (χ1) is 18.9. The number of nitrogens with zero attached hydrogens (tertiary/aromatic N) is 3. The van der Waals surface area contributed by atoms with E-state index in [2.05, 4.69) is 41.8 Å². The van der Waals surface area contributed by atoms with Crippen LogP contribution in [0.2, 0.25) is 0 Å². The van der Waals surface area contributed by atoms with Crippen LogP contribution in [0.5, 0.6) is 0 Å². The van der Waals surface area contributed by atoms with Gasteiger partial charge >= 0.3 is 0 Å². The summed E-state index contributed by atoms with van der Waals surface area (Å²) in [6.07, 6.45) is 2.04. The van der Waals surface area contributed by atoms with Crippen molar-refractivity contribution in [1.29, 1.82) is 0 Å². The molecule has 4 aromatic carbocycles. The van der Waals surface area contributed by atoms with Gasteiger partial charge in [-0.1, -0.05) is 72.3 Å². The maximum Gasteiger partial charge on any atom is 0.254 e. The molecule has 1 atom stereocenters. The number of rotatable bonds is 5. The van der Waals surface area contributed by atoms with Crippen LogP contribution in [0.1, 0.15) is 47.1 Å². The molecule has 0 spiro atoms. The summed E-state index contributed by atoms with van der Waals surface area (Å²) in [5.41, 5.74) is 5.57. The molecule has 1 unspecified atom stereocenters. The minimum absolute atomic E-state index is 0.0271. The average Bonchev–Trinajstić information content (AvgIpc) is 3.45. The Balaban J connectivity index is 1.40. The minimum atomic E-state index is -0.312. The van der Waals surface area contributed by atoms with E-state index in [4.69, 9.17) is 0 Å². The molecule has 0 radical (unpaired) electrons. The van der Waals surface area contributed by atoms with Crippen molar-refractivity contribution in [3.8, 4) is 5.69 Å². The third-order valence-electron chi connectivity index (χ3n) is 7.57. The predicted molar refractivity (Wildman–Crippen MR) is 156 cm³/mol. The zero-order valence-electron chi connectivity index (χ0n) is 22.4. The number of anilines is 1. The van der Waals surface area contributed by atoms with Crippen LogP contribution in [0.4, 0.5) is 5.69 Å². The van der Waals surface area contributed by atoms with Gasteiger partial charge in [0.1, 0.15) is 12.6 Å². The van der Waals surface area contributed by atoms with Gasteiger partial charge in [-0.2, -0.15) is 0 Å². The molecule has 2 heterocycles. The van der Waals surface area contributed by atoms with Crippen molar-refractivity contribution < 1.29 is 9.59 Å². The highest BCUT2D eigenvalue weighted by atomic mass is 16.2. The predicted octanol–water partition coefficient (Wildman–Crippen LogP) is 6.93. The quantitative estimate of drug-likeness (QED) is 0.256. The van der Waals surface area contributed by atoms with Gasteiger partial charge in [0.05, 0.1) is 17.1 Å². The first-order valence-electron chi connectivity index (χ1n) is 13.4. The summed E-state index contributed by atoms with van der Waals surface area (Å²) in [7, 11) is 0. The number of aryl methyl sites for hydroxylation is 1. The zero-order valence-corrected chi connectivity index (χ0v) is 22.4. The van der Waals surface area contributed by atoms with Gasteiger partial charge in [-0.3, -0.25) is 14.5 Å². The van der Waals surface area contributed by atoms with Crippen molar-refractivity contribution in [3.05, 3.63) is 132 Å². The standard InChI is InChI=1S/C34H31N3O2/c1-23(2)36(34(39)28-19-18-25-9-4-5-10-27(25)21-28)22-32(38)37-30-12-7-6-11-29(30)35-20-8-13-31(35)33(37)26-16-14-24(3)15-17-26/h4-21,23,33H,22H2,1-3H3. The van der Waals surface area contributed by atoms with Gasteiger partial charge in [0, 0.05) is 17.8 Å². The largest absolute Gasteiger partial charge is 0.327 e. The Morgan fingerprint density at radius 3 is 2.23 bits per heavy atom. The molecule has 2 amide bonds. The third kappa shape index (κ3) is 4.40. The zero-order chi connectivity index (χ0) is 27.1. The molecule has 0 saturated carbocycles. The summed E-state index contributed by atoms with van der Waals surface area (Å²) in [5.74, 6) is -0.270. The monoisotopic (exact) mass is 513 g/mol. The number of amides is 2. The molecule has 5 aromatic rings. The van der Waals surface area contributed by atoms with Crippen LogP contribution in [0, 0.1) is 6.92 Å². The van der Waals surface area contributed by atoms with Crippen LogP contribution in [0.15, 0.2) is 109 Å². The number of hydrogen-bond acceptors (Lipinski definition) is 2. The second-order valence-corrected chi connectivity index (χ2v) is 10.5. The number of aromatic nitrogens is 1. The Morgan fingerprint density at radius 2 is 1.49 bits per heavy atom. The summed E-state index contributed by atoms with van der Waals surface area (Å²) in [6.45, 7) is 5.95. The van der Waals surface area contributed by atoms with Gasteiger partial charge in [-0.05, 0) is 73.5 Å². The van der Waals surface area contributed by atoms with Crippen LogP contribution < -0.4 is 4.90 Å². The molecule has 0 saturated heterocycles. The molecule has 1 aromatic heterocycles. The summed E-state index contributed by atoms with van der Waals surface area (Å²) < 4.78 is 2.16. The summed E-state index contributed by atoms with van der Waals surface area (Å²) in [6, 6.07) is 33.6. The second-order valence-electron chi connectivity index (χ2n) is 10.5. The first-order valence-corrected chi connectivity index (χ1v) is 13.4. The van der Waals surface area contributed by atoms with Gasteiger partial charge in [0.15, 0.2) is 0 Å². The highest BCUT2D eigenvalue weighted by Gasteiger charge is 2.37. The van der Waals surface area contributed by atoms with Crippen molar-refractivity contribution >= 4 is 28.3 Å². The van der Waals surface area contributed by atoms with Crippen LogP contribution in [-0.2, 0) is 4.79 Å². The van der Waals surface area contributed by atoms with Gasteiger partial charge in [0.2, 0.25) is 5.91 Å². The van der Waals surface area contributed by atoms with Crippen LogP contribution in [0.3, 0.4) is 0 Å². The Morgan fingerprint density at radius 1 is 0.795 bits per heavy atom. The van der Waals surface area contributed by atoms with Crippen molar-refractivity contribution in [2.24, 2.45) is 0 Å². The van der Waals surface area contributed by atoms with Gasteiger partial charge in [-0.25, -0.2) is 0 Å². The third-order valence-corrected chi connectivity index (χ3v) is 7.57. The molecule has 0 aliphatic carbocycles. The molecule has 6 rings (SSSR count). The number of fused-ring (bicyclic) bond motifs is 4. The van der Waals surface area contributed by atoms with E-state index >= 15 is 0 Å². The Hall–Kier alpha value is -4.64. The molecule has 0 N–H and O–H groups in total. The number of carbonyl (C=O) groups excluding carboxylic acids is 2. The number of benzene rings is 4. The highest BCUT2D eigenvalue weighted by Crippen LogP contribution is 2.42. The van der Waals surface area contributed by atoms with Gasteiger partial charge in [-0.15, -0.1) is 0 Å². The maximum atomic E-state index is 14.3. The highest BCUT2D eigenvalue weighted by molar-refractivity contribution is 6.04. The Labute approximate surface area is 228 Å². The van der Waals surface area contributed by atoms with E-state index in [1.165, 1.54) is 0 Å². The fourth-order valence-electron chi connectivity index (χ4n) is 5.53. The molecule has 0 fully saturated rings. The summed E-state index contributed by atoms with van der Waals surface area (Å²) in [4.78, 5) is 31.7. The van der Waals surface area contributed by atoms with Crippen molar-refractivity contribution in [2.75, 3.05) is 11.4 Å². The smallest absolute Gasteiger partial charge is 0.254 e. The number of carbonyl (C=O) groups is 2. The lowest BCUT2D eigenvalue weighted by Gasteiger charge is -2.40. The lowest BCUT2D eigenvalue weighted by atomic mass is 9.97. The van der Waals surface area contributed by atoms with Crippen LogP contribution in [0.25, 0.3) is 16.5 Å². The van der Waals surface area contributed by atoms with E-state index in [-0.39, 0.29) is 30.4 Å². The van der Waals surface area contributed by atoms with Gasteiger partial charge < -0.3 is 9.47 Å². The summed E-state index contributed by atoms with van der Waals surface area (Å²) >= 11 is 0. The fraction of sp³-hybridized carbons (Fsp3) is 0.176. The molecular weight excluding hydrogens is 482 g/mol. The normalized spacial score (nSPS) is 14.3. The van der Waals surface area contributed by atoms with Crippen LogP contribution >= 0.6 is 0 Å². The van der Waals surface area contributed by atoms with Crippen LogP contribution in [-0.4, -0.2) is 33.9 Å².